The van der Waals surface area contributed by atoms with Gasteiger partial charge in [-0.3, -0.25) is 0 Å². The number of benzene rings is 2. The van der Waals surface area contributed by atoms with Gasteiger partial charge in [-0.15, -0.1) is 0 Å². The lowest BCUT2D eigenvalue weighted by Crippen LogP contribution is -2.53. The molecule has 5 rings (SSSR count). The maximum absolute atomic E-state index is 13.6. The zero-order chi connectivity index (χ0) is 29.4. The van der Waals surface area contributed by atoms with Gasteiger partial charge >= 0.3 is 6.09 Å². The SMILES string of the molecule is CN1CC(Nc2ncc(Cl)c(-c3cn(S(=O)(=O)c4ccccc4)c4ccccc34)n2)C[C@H](NC(=O)OC(C)(C)C)C1. The van der Waals surface area contributed by atoms with Crippen molar-refractivity contribution in [3.05, 3.63) is 72.0 Å². The molecule has 2 aromatic carbocycles. The largest absolute Gasteiger partial charge is 0.444 e. The number of likely N-dealkylation sites (tertiary alicyclic amines) is 1. The van der Waals surface area contributed by atoms with E-state index in [1.54, 1.807) is 48.7 Å². The fourth-order valence-corrected chi connectivity index (χ4v) is 6.64. The number of piperidine rings is 1. The molecular weight excluding hydrogens is 564 g/mol. The molecule has 0 radical (unpaired) electrons. The van der Waals surface area contributed by atoms with Crippen molar-refractivity contribution in [2.24, 2.45) is 0 Å². The third-order valence-corrected chi connectivity index (χ3v) is 8.63. The van der Waals surface area contributed by atoms with Crippen LogP contribution in [0.5, 0.6) is 0 Å². The van der Waals surface area contributed by atoms with Crippen LogP contribution in [0.1, 0.15) is 27.2 Å². The number of amides is 1. The Labute approximate surface area is 244 Å². The van der Waals surface area contributed by atoms with Gasteiger partial charge in [-0.2, -0.15) is 0 Å². The second kappa shape index (κ2) is 11.3. The molecule has 1 unspecified atom stereocenters. The van der Waals surface area contributed by atoms with Gasteiger partial charge in [0, 0.05) is 42.3 Å². The van der Waals surface area contributed by atoms with Gasteiger partial charge in [-0.05, 0) is 52.4 Å². The van der Waals surface area contributed by atoms with E-state index < -0.39 is 21.7 Å². The highest BCUT2D eigenvalue weighted by Gasteiger charge is 2.29. The first-order chi connectivity index (χ1) is 19.4. The molecule has 41 heavy (non-hydrogen) atoms. The average Bonchev–Trinajstić information content (AvgIpc) is 3.29. The van der Waals surface area contributed by atoms with Crippen molar-refractivity contribution in [1.82, 2.24) is 24.2 Å². The number of hydrogen-bond donors (Lipinski definition) is 2. The summed E-state index contributed by atoms with van der Waals surface area (Å²) in [5.41, 5.74) is 0.913. The number of hydrogen-bond acceptors (Lipinski definition) is 8. The standard InChI is InChI=1S/C29H33ClN6O4S/c1-29(2,3)40-28(37)33-20-14-19(16-35(4)17-20)32-27-31-15-24(30)26(34-27)23-18-36(25-13-9-8-12-22(23)25)41(38,39)21-10-6-5-7-11-21/h5-13,15,18-20H,14,16-17H2,1-4H3,(H,33,37)(H,31,32,34)/t19?,20-/m0/s1. The first-order valence-electron chi connectivity index (χ1n) is 13.3. The molecule has 0 saturated carbocycles. The predicted molar refractivity (Wildman–Crippen MR) is 160 cm³/mol. The molecule has 0 bridgehead atoms. The number of ether oxygens (including phenoxy) is 1. The molecule has 2 aromatic heterocycles. The minimum atomic E-state index is -3.87. The normalized spacial score (nSPS) is 18.3. The van der Waals surface area contributed by atoms with Crippen LogP contribution < -0.4 is 10.6 Å². The molecule has 1 saturated heterocycles. The highest BCUT2D eigenvalue weighted by atomic mass is 35.5. The van der Waals surface area contributed by atoms with Gasteiger partial charge in [-0.25, -0.2) is 27.2 Å². The number of aromatic nitrogens is 3. The van der Waals surface area contributed by atoms with Crippen LogP contribution >= 0.6 is 11.6 Å². The number of para-hydroxylation sites is 1. The van der Waals surface area contributed by atoms with Crippen LogP contribution in [0.4, 0.5) is 10.7 Å². The summed E-state index contributed by atoms with van der Waals surface area (Å²) in [7, 11) is -1.89. The Bertz CT molecular complexity index is 1670. The zero-order valence-corrected chi connectivity index (χ0v) is 24.9. The van der Waals surface area contributed by atoms with Crippen LogP contribution in [-0.2, 0) is 14.8 Å². The van der Waals surface area contributed by atoms with Crippen molar-refractivity contribution >= 4 is 44.6 Å². The van der Waals surface area contributed by atoms with Gasteiger partial charge in [-0.1, -0.05) is 48.0 Å². The van der Waals surface area contributed by atoms with E-state index in [9.17, 15) is 13.2 Å². The molecule has 1 fully saturated rings. The molecule has 1 aliphatic rings. The van der Waals surface area contributed by atoms with E-state index in [0.717, 1.165) is 0 Å². The Morgan fingerprint density at radius 2 is 1.73 bits per heavy atom. The second-order valence-electron chi connectivity index (χ2n) is 11.2. The van der Waals surface area contributed by atoms with E-state index in [0.29, 0.717) is 52.6 Å². The fourth-order valence-electron chi connectivity index (χ4n) is 5.05. The van der Waals surface area contributed by atoms with Crippen molar-refractivity contribution in [1.29, 1.82) is 0 Å². The number of likely N-dealkylation sites (N-methyl/N-ethyl adjacent to an activating group) is 1. The Hall–Kier alpha value is -3.67. The number of carbonyl (C=O) groups is 1. The topological polar surface area (TPSA) is 118 Å². The molecule has 1 aliphatic heterocycles. The molecule has 2 atom stereocenters. The van der Waals surface area contributed by atoms with E-state index in [2.05, 4.69) is 20.5 Å². The van der Waals surface area contributed by atoms with Crippen LogP contribution in [0.15, 0.2) is 71.9 Å². The maximum Gasteiger partial charge on any atom is 0.407 e. The number of rotatable bonds is 6. The first-order valence-corrected chi connectivity index (χ1v) is 15.1. The van der Waals surface area contributed by atoms with E-state index in [1.165, 1.54) is 10.2 Å². The molecule has 4 aromatic rings. The van der Waals surface area contributed by atoms with Gasteiger partial charge in [0.1, 0.15) is 5.60 Å². The monoisotopic (exact) mass is 596 g/mol. The summed E-state index contributed by atoms with van der Waals surface area (Å²) in [5, 5.41) is 7.31. The van der Waals surface area contributed by atoms with Crippen LogP contribution in [0.25, 0.3) is 22.2 Å². The fraction of sp³-hybridized carbons (Fsp3) is 0.345. The summed E-state index contributed by atoms with van der Waals surface area (Å²) in [6.45, 7) is 6.87. The van der Waals surface area contributed by atoms with Crippen molar-refractivity contribution in [2.45, 2.75) is 49.8 Å². The van der Waals surface area contributed by atoms with Crippen LogP contribution in [0.2, 0.25) is 5.02 Å². The van der Waals surface area contributed by atoms with Crippen molar-refractivity contribution in [3.8, 4) is 11.3 Å². The summed E-state index contributed by atoms with van der Waals surface area (Å²) in [4.78, 5) is 23.8. The third kappa shape index (κ3) is 6.47. The Morgan fingerprint density at radius 3 is 2.46 bits per heavy atom. The quantitative estimate of drug-likeness (QED) is 0.319. The van der Waals surface area contributed by atoms with Crippen molar-refractivity contribution < 1.29 is 17.9 Å². The number of nitrogens with zero attached hydrogens (tertiary/aromatic N) is 4. The Kier molecular flexibility index (Phi) is 7.95. The second-order valence-corrected chi connectivity index (χ2v) is 13.4. The van der Waals surface area contributed by atoms with E-state index in [-0.39, 0.29) is 17.0 Å². The number of anilines is 1. The highest BCUT2D eigenvalue weighted by molar-refractivity contribution is 7.90. The minimum absolute atomic E-state index is 0.0671. The van der Waals surface area contributed by atoms with Gasteiger partial charge in [0.15, 0.2) is 0 Å². The van der Waals surface area contributed by atoms with E-state index in [4.69, 9.17) is 21.3 Å². The zero-order valence-electron chi connectivity index (χ0n) is 23.3. The van der Waals surface area contributed by atoms with E-state index >= 15 is 0 Å². The number of carbonyl (C=O) groups excluding carboxylic acids is 1. The summed E-state index contributed by atoms with van der Waals surface area (Å²) in [6.07, 6.45) is 3.25. The van der Waals surface area contributed by atoms with Crippen LogP contribution in [-0.4, -0.2) is 71.2 Å². The number of alkyl carbamates (subject to hydrolysis) is 1. The first kappa shape index (κ1) is 28.8. The molecule has 0 aliphatic carbocycles. The predicted octanol–water partition coefficient (Wildman–Crippen LogP) is 5.00. The molecule has 3 heterocycles. The maximum atomic E-state index is 13.6. The summed E-state index contributed by atoms with van der Waals surface area (Å²) in [5.74, 6) is 0.350. The molecular formula is C29H33ClN6O4S. The number of halogens is 1. The highest BCUT2D eigenvalue weighted by Crippen LogP contribution is 2.35. The molecule has 2 N–H and O–H groups in total. The van der Waals surface area contributed by atoms with Gasteiger partial charge < -0.3 is 20.3 Å². The van der Waals surface area contributed by atoms with Gasteiger partial charge in [0.2, 0.25) is 5.95 Å². The van der Waals surface area contributed by atoms with Gasteiger partial charge in [0.05, 0.1) is 27.3 Å². The van der Waals surface area contributed by atoms with Crippen LogP contribution in [0, 0.1) is 0 Å². The molecule has 10 nitrogen and oxygen atoms in total. The van der Waals surface area contributed by atoms with E-state index in [1.807, 2.05) is 40.0 Å². The number of fused-ring (bicyclic) bond motifs is 1. The Balaban J connectivity index is 1.43. The lowest BCUT2D eigenvalue weighted by Gasteiger charge is -2.36. The summed E-state index contributed by atoms with van der Waals surface area (Å²) >= 11 is 6.59. The molecule has 1 amide bonds. The van der Waals surface area contributed by atoms with Crippen molar-refractivity contribution in [2.75, 3.05) is 25.5 Å². The molecule has 216 valence electrons. The van der Waals surface area contributed by atoms with Crippen molar-refractivity contribution in [3.63, 3.8) is 0 Å². The number of nitrogens with one attached hydrogen (secondary N) is 2. The molecule has 0 spiro atoms. The van der Waals surface area contributed by atoms with Crippen LogP contribution in [0.3, 0.4) is 0 Å². The summed E-state index contributed by atoms with van der Waals surface area (Å²) in [6, 6.07) is 15.3. The summed E-state index contributed by atoms with van der Waals surface area (Å²) < 4.78 is 33.8. The lowest BCUT2D eigenvalue weighted by atomic mass is 10.0. The minimum Gasteiger partial charge on any atom is -0.444 e. The molecule has 12 heteroatoms. The van der Waals surface area contributed by atoms with Gasteiger partial charge in [0.25, 0.3) is 10.0 Å². The lowest BCUT2D eigenvalue weighted by molar-refractivity contribution is 0.0476. The smallest absolute Gasteiger partial charge is 0.407 e. The Morgan fingerprint density at radius 1 is 1.05 bits per heavy atom. The average molecular weight is 597 g/mol. The third-order valence-electron chi connectivity index (χ3n) is 6.66.